The van der Waals surface area contributed by atoms with E-state index in [9.17, 15) is 4.79 Å². The van der Waals surface area contributed by atoms with E-state index in [0.717, 1.165) is 16.7 Å². The van der Waals surface area contributed by atoms with Gasteiger partial charge >= 0.3 is 0 Å². The van der Waals surface area contributed by atoms with Crippen LogP contribution in [0.1, 0.15) is 25.8 Å². The van der Waals surface area contributed by atoms with Gasteiger partial charge in [0.25, 0.3) is 0 Å². The first-order valence-electron chi connectivity index (χ1n) is 6.83. The van der Waals surface area contributed by atoms with Crippen LogP contribution in [0.15, 0.2) is 12.3 Å². The number of carbonyl (C=O) groups excluding carboxylic acids is 1. The molecule has 0 aliphatic carbocycles. The molecule has 0 radical (unpaired) electrons. The highest BCUT2D eigenvalue weighted by molar-refractivity contribution is 5.79. The zero-order chi connectivity index (χ0) is 14.7. The van der Waals surface area contributed by atoms with Crippen molar-refractivity contribution in [3.63, 3.8) is 0 Å². The van der Waals surface area contributed by atoms with E-state index in [1.165, 1.54) is 0 Å². The van der Waals surface area contributed by atoms with Gasteiger partial charge in [0, 0.05) is 25.7 Å². The summed E-state index contributed by atoms with van der Waals surface area (Å²) in [5.74, 6) is 0.869. The number of nitrogens with one attached hydrogen (secondary N) is 1. The fraction of sp³-hybridized carbons (Fsp3) is 0.500. The molecule has 6 nitrogen and oxygen atoms in total. The van der Waals surface area contributed by atoms with E-state index in [1.807, 2.05) is 13.0 Å². The Labute approximate surface area is 118 Å². The van der Waals surface area contributed by atoms with E-state index in [1.54, 1.807) is 10.8 Å². The smallest absolute Gasteiger partial charge is 0.221 e. The standard InChI is InChI=1S/C14H21N5O/c1-9(2)8-17-11(20)5-7-19-13-12(18-14(19)15)10(3)4-6-16-13/h4,6,9H,5,7-8H2,1-3H3,(H2,15,18)(H,17,20). The predicted molar refractivity (Wildman–Crippen MR) is 79.1 cm³/mol. The number of nitrogens with zero attached hydrogens (tertiary/aromatic N) is 3. The largest absolute Gasteiger partial charge is 0.369 e. The number of rotatable bonds is 5. The minimum atomic E-state index is 0.0209. The van der Waals surface area contributed by atoms with Gasteiger partial charge in [0.2, 0.25) is 11.9 Å². The molecule has 0 aliphatic rings. The molecule has 2 rings (SSSR count). The zero-order valence-electron chi connectivity index (χ0n) is 12.2. The Bertz CT molecular complexity index is 617. The molecular weight excluding hydrogens is 254 g/mol. The molecule has 0 bridgehead atoms. The van der Waals surface area contributed by atoms with E-state index in [0.29, 0.717) is 31.4 Å². The van der Waals surface area contributed by atoms with Crippen molar-refractivity contribution in [3.8, 4) is 0 Å². The van der Waals surface area contributed by atoms with Crippen molar-refractivity contribution in [1.29, 1.82) is 0 Å². The average molecular weight is 275 g/mol. The van der Waals surface area contributed by atoms with Crippen LogP contribution in [-0.2, 0) is 11.3 Å². The Morgan fingerprint density at radius 2 is 2.25 bits per heavy atom. The molecule has 2 aromatic heterocycles. The van der Waals surface area contributed by atoms with Crippen LogP contribution in [0.4, 0.5) is 5.95 Å². The number of nitrogen functional groups attached to an aromatic ring is 1. The van der Waals surface area contributed by atoms with Gasteiger partial charge in [-0.2, -0.15) is 0 Å². The van der Waals surface area contributed by atoms with Crippen LogP contribution in [0.25, 0.3) is 11.2 Å². The highest BCUT2D eigenvalue weighted by atomic mass is 16.1. The van der Waals surface area contributed by atoms with Crippen LogP contribution >= 0.6 is 0 Å². The number of hydrogen-bond donors (Lipinski definition) is 2. The van der Waals surface area contributed by atoms with E-state index in [4.69, 9.17) is 5.73 Å². The first-order chi connectivity index (χ1) is 9.49. The quantitative estimate of drug-likeness (QED) is 0.865. The van der Waals surface area contributed by atoms with Gasteiger partial charge in [-0.3, -0.25) is 9.36 Å². The summed E-state index contributed by atoms with van der Waals surface area (Å²) < 4.78 is 1.79. The maximum atomic E-state index is 11.8. The first kappa shape index (κ1) is 14.3. The number of aromatic nitrogens is 3. The van der Waals surface area contributed by atoms with Gasteiger partial charge in [-0.15, -0.1) is 0 Å². The van der Waals surface area contributed by atoms with Crippen molar-refractivity contribution in [3.05, 3.63) is 17.8 Å². The second-order valence-electron chi connectivity index (χ2n) is 5.37. The number of fused-ring (bicyclic) bond motifs is 1. The van der Waals surface area contributed by atoms with Crippen molar-refractivity contribution in [2.45, 2.75) is 33.7 Å². The molecular formula is C14H21N5O. The number of aryl methyl sites for hydroxylation is 2. The van der Waals surface area contributed by atoms with E-state index in [2.05, 4.69) is 29.1 Å². The highest BCUT2D eigenvalue weighted by Crippen LogP contribution is 2.18. The van der Waals surface area contributed by atoms with Gasteiger partial charge in [-0.1, -0.05) is 13.8 Å². The molecule has 0 unspecified atom stereocenters. The Hall–Kier alpha value is -2.11. The molecule has 1 amide bonds. The normalized spacial score (nSPS) is 11.2. The van der Waals surface area contributed by atoms with E-state index in [-0.39, 0.29) is 5.91 Å². The summed E-state index contributed by atoms with van der Waals surface area (Å²) in [6, 6.07) is 1.90. The van der Waals surface area contributed by atoms with Gasteiger partial charge in [-0.05, 0) is 24.5 Å². The second-order valence-corrected chi connectivity index (χ2v) is 5.37. The molecule has 0 saturated heterocycles. The predicted octanol–water partition coefficient (Wildman–Crippen LogP) is 1.48. The third kappa shape index (κ3) is 3.07. The first-order valence-corrected chi connectivity index (χ1v) is 6.83. The summed E-state index contributed by atoms with van der Waals surface area (Å²) >= 11 is 0. The third-order valence-corrected chi connectivity index (χ3v) is 3.14. The van der Waals surface area contributed by atoms with Crippen LogP contribution < -0.4 is 11.1 Å². The Kier molecular flexibility index (Phi) is 4.22. The summed E-state index contributed by atoms with van der Waals surface area (Å²) in [5, 5.41) is 2.89. The summed E-state index contributed by atoms with van der Waals surface area (Å²) in [7, 11) is 0. The monoisotopic (exact) mass is 275 g/mol. The molecule has 0 atom stereocenters. The molecule has 20 heavy (non-hydrogen) atoms. The SMILES string of the molecule is Cc1ccnc2c1nc(N)n2CCC(=O)NCC(C)C. The summed E-state index contributed by atoms with van der Waals surface area (Å²) in [6.45, 7) is 7.28. The summed E-state index contributed by atoms with van der Waals surface area (Å²) in [6.07, 6.45) is 2.10. The second kappa shape index (κ2) is 5.90. The molecule has 6 heteroatoms. The number of hydrogen-bond acceptors (Lipinski definition) is 4. The van der Waals surface area contributed by atoms with Crippen molar-refractivity contribution in [1.82, 2.24) is 19.9 Å². The lowest BCUT2D eigenvalue weighted by Gasteiger charge is -2.09. The average Bonchev–Trinajstić information content (AvgIpc) is 2.71. The topological polar surface area (TPSA) is 85.8 Å². The zero-order valence-corrected chi connectivity index (χ0v) is 12.2. The van der Waals surface area contributed by atoms with Gasteiger partial charge in [0.15, 0.2) is 5.65 Å². The van der Waals surface area contributed by atoms with Crippen LogP contribution in [-0.4, -0.2) is 27.0 Å². The molecule has 0 aliphatic heterocycles. The molecule has 108 valence electrons. The lowest BCUT2D eigenvalue weighted by Crippen LogP contribution is -2.28. The minimum absolute atomic E-state index is 0.0209. The molecule has 0 saturated carbocycles. The number of amides is 1. The van der Waals surface area contributed by atoms with Crippen molar-refractivity contribution in [2.24, 2.45) is 5.92 Å². The van der Waals surface area contributed by atoms with Gasteiger partial charge in [0.05, 0.1) is 0 Å². The van der Waals surface area contributed by atoms with Crippen molar-refractivity contribution < 1.29 is 4.79 Å². The number of carbonyl (C=O) groups is 1. The molecule has 3 N–H and O–H groups in total. The third-order valence-electron chi connectivity index (χ3n) is 3.14. The number of pyridine rings is 1. The lowest BCUT2D eigenvalue weighted by atomic mass is 10.2. The molecule has 0 aromatic carbocycles. The number of anilines is 1. The number of nitrogens with two attached hydrogens (primary N) is 1. The van der Waals surface area contributed by atoms with E-state index >= 15 is 0 Å². The maximum Gasteiger partial charge on any atom is 0.221 e. The van der Waals surface area contributed by atoms with Gasteiger partial charge < -0.3 is 11.1 Å². The highest BCUT2D eigenvalue weighted by Gasteiger charge is 2.12. The van der Waals surface area contributed by atoms with Crippen LogP contribution in [0, 0.1) is 12.8 Å². The van der Waals surface area contributed by atoms with Gasteiger partial charge in [0.1, 0.15) is 5.52 Å². The van der Waals surface area contributed by atoms with Crippen LogP contribution in [0.2, 0.25) is 0 Å². The Morgan fingerprint density at radius 1 is 1.50 bits per heavy atom. The van der Waals surface area contributed by atoms with Gasteiger partial charge in [-0.25, -0.2) is 9.97 Å². The lowest BCUT2D eigenvalue weighted by molar-refractivity contribution is -0.121. The van der Waals surface area contributed by atoms with Crippen LogP contribution in [0.3, 0.4) is 0 Å². The van der Waals surface area contributed by atoms with Crippen molar-refractivity contribution >= 4 is 23.0 Å². The summed E-state index contributed by atoms with van der Waals surface area (Å²) in [5.41, 5.74) is 8.48. The molecule has 0 fully saturated rings. The molecule has 2 heterocycles. The molecule has 2 aromatic rings. The number of imidazole rings is 1. The fourth-order valence-electron chi connectivity index (χ4n) is 2.00. The van der Waals surface area contributed by atoms with Crippen LogP contribution in [0.5, 0.6) is 0 Å². The maximum absolute atomic E-state index is 11.8. The minimum Gasteiger partial charge on any atom is -0.369 e. The van der Waals surface area contributed by atoms with E-state index < -0.39 is 0 Å². The molecule has 0 spiro atoms. The van der Waals surface area contributed by atoms with Crippen molar-refractivity contribution in [2.75, 3.05) is 12.3 Å². The Morgan fingerprint density at radius 3 is 2.95 bits per heavy atom. The summed E-state index contributed by atoms with van der Waals surface area (Å²) in [4.78, 5) is 20.4. The Balaban J connectivity index is 2.08. The fourth-order valence-corrected chi connectivity index (χ4v) is 2.00.